The fraction of sp³-hybridized carbons (Fsp3) is 0.577. The van der Waals surface area contributed by atoms with Gasteiger partial charge in [0.25, 0.3) is 0 Å². The number of carbonyl (C=O) groups excluding carboxylic acids is 3. The number of ether oxygens (including phenoxy) is 1. The van der Waals surface area contributed by atoms with Crippen molar-refractivity contribution in [3.05, 3.63) is 47.5 Å². The molecule has 4 aliphatic rings. The van der Waals surface area contributed by atoms with Gasteiger partial charge < -0.3 is 4.74 Å². The summed E-state index contributed by atoms with van der Waals surface area (Å²) in [5, 5.41) is 0. The molecule has 0 bridgehead atoms. The van der Waals surface area contributed by atoms with Crippen LogP contribution in [0.1, 0.15) is 69.2 Å². The molecule has 0 saturated heterocycles. The Morgan fingerprint density at radius 3 is 2.43 bits per heavy atom. The molecule has 0 spiro atoms. The van der Waals surface area contributed by atoms with Gasteiger partial charge in [-0.25, -0.2) is 4.79 Å². The quantitative estimate of drug-likeness (QED) is 0.654. The van der Waals surface area contributed by atoms with Crippen LogP contribution < -0.4 is 0 Å². The fourth-order valence-corrected chi connectivity index (χ4v) is 7.04. The van der Waals surface area contributed by atoms with E-state index in [1.165, 1.54) is 0 Å². The van der Waals surface area contributed by atoms with E-state index < -0.39 is 0 Å². The number of rotatable bonds is 2. The number of esters is 1. The lowest BCUT2D eigenvalue weighted by Gasteiger charge is -2.56. The zero-order valence-electron chi connectivity index (χ0n) is 17.9. The van der Waals surface area contributed by atoms with E-state index in [1.54, 1.807) is 12.1 Å². The Morgan fingerprint density at radius 1 is 0.967 bits per heavy atom. The minimum absolute atomic E-state index is 0.0210. The van der Waals surface area contributed by atoms with Crippen LogP contribution in [0.25, 0.3) is 0 Å². The van der Waals surface area contributed by atoms with Crippen molar-refractivity contribution in [1.82, 2.24) is 0 Å². The molecule has 0 heterocycles. The third-order valence-electron chi connectivity index (χ3n) is 8.89. The van der Waals surface area contributed by atoms with E-state index in [2.05, 4.69) is 13.8 Å². The normalized spacial score (nSPS) is 40.1. The number of hydrogen-bond acceptors (Lipinski definition) is 4. The van der Waals surface area contributed by atoms with Crippen molar-refractivity contribution in [1.29, 1.82) is 0 Å². The molecule has 1 aromatic carbocycles. The minimum Gasteiger partial charge on any atom is -0.458 e. The predicted octanol–water partition coefficient (Wildman–Crippen LogP) is 4.92. The number of carbonyl (C=O) groups is 3. The van der Waals surface area contributed by atoms with Gasteiger partial charge >= 0.3 is 5.97 Å². The Morgan fingerprint density at radius 2 is 1.67 bits per heavy atom. The van der Waals surface area contributed by atoms with Gasteiger partial charge in [0, 0.05) is 24.2 Å². The molecular formula is C26H30O4. The van der Waals surface area contributed by atoms with Crippen molar-refractivity contribution in [3.63, 3.8) is 0 Å². The SMILES string of the molecule is C[C@]12CC[C@H](OC(=O)c3ccccc3)CC1=CC(=O)C1C2CC[C@]2(C)C(=O)CCC12. The first-order chi connectivity index (χ1) is 14.3. The van der Waals surface area contributed by atoms with Crippen LogP contribution in [0, 0.1) is 28.6 Å². The zero-order chi connectivity index (χ0) is 21.1. The van der Waals surface area contributed by atoms with Crippen molar-refractivity contribution in [2.45, 2.75) is 64.9 Å². The highest BCUT2D eigenvalue weighted by Gasteiger charge is 2.61. The summed E-state index contributed by atoms with van der Waals surface area (Å²) < 4.78 is 5.81. The molecule has 0 N–H and O–H groups in total. The van der Waals surface area contributed by atoms with E-state index >= 15 is 0 Å². The maximum absolute atomic E-state index is 13.3. The highest BCUT2D eigenvalue weighted by atomic mass is 16.5. The summed E-state index contributed by atoms with van der Waals surface area (Å²) in [7, 11) is 0. The maximum atomic E-state index is 13.3. The third kappa shape index (κ3) is 2.83. The average molecular weight is 407 g/mol. The van der Waals surface area contributed by atoms with Crippen LogP contribution in [0.3, 0.4) is 0 Å². The predicted molar refractivity (Wildman–Crippen MR) is 113 cm³/mol. The molecule has 0 radical (unpaired) electrons. The topological polar surface area (TPSA) is 60.4 Å². The number of fused-ring (bicyclic) bond motifs is 5. The summed E-state index contributed by atoms with van der Waals surface area (Å²) in [4.78, 5) is 38.3. The molecule has 4 aliphatic carbocycles. The van der Waals surface area contributed by atoms with Gasteiger partial charge in [0.15, 0.2) is 5.78 Å². The first-order valence-electron chi connectivity index (χ1n) is 11.4. The van der Waals surface area contributed by atoms with Crippen LogP contribution in [-0.2, 0) is 14.3 Å². The smallest absolute Gasteiger partial charge is 0.338 e. The van der Waals surface area contributed by atoms with Gasteiger partial charge in [0.05, 0.1) is 5.56 Å². The first-order valence-corrected chi connectivity index (χ1v) is 11.4. The average Bonchev–Trinajstić information content (AvgIpc) is 3.04. The summed E-state index contributed by atoms with van der Waals surface area (Å²) in [6, 6.07) is 9.09. The van der Waals surface area contributed by atoms with E-state index in [1.807, 2.05) is 24.3 Å². The first kappa shape index (κ1) is 19.7. The molecule has 1 aromatic rings. The Hall–Kier alpha value is -2.23. The summed E-state index contributed by atoms with van der Waals surface area (Å²) in [5.74, 6) is 0.748. The summed E-state index contributed by atoms with van der Waals surface area (Å²) in [6.45, 7) is 4.40. The van der Waals surface area contributed by atoms with Crippen molar-refractivity contribution >= 4 is 17.5 Å². The summed E-state index contributed by atoms with van der Waals surface area (Å²) in [6.07, 6.45) is 7.41. The Kier molecular flexibility index (Phi) is 4.53. The Bertz CT molecular complexity index is 932. The van der Waals surface area contributed by atoms with Gasteiger partial charge in [-0.3, -0.25) is 9.59 Å². The second-order valence-corrected chi connectivity index (χ2v) is 10.3. The molecule has 30 heavy (non-hydrogen) atoms. The van der Waals surface area contributed by atoms with Crippen molar-refractivity contribution < 1.29 is 19.1 Å². The molecule has 3 saturated carbocycles. The summed E-state index contributed by atoms with van der Waals surface area (Å²) in [5.41, 5.74) is 1.39. The largest absolute Gasteiger partial charge is 0.458 e. The Labute approximate surface area is 178 Å². The van der Waals surface area contributed by atoms with E-state index in [9.17, 15) is 14.4 Å². The van der Waals surface area contributed by atoms with Gasteiger partial charge in [0.2, 0.25) is 0 Å². The fourth-order valence-electron chi connectivity index (χ4n) is 7.04. The van der Waals surface area contributed by atoms with Gasteiger partial charge in [-0.1, -0.05) is 37.6 Å². The van der Waals surface area contributed by atoms with Crippen LogP contribution in [0.4, 0.5) is 0 Å². The van der Waals surface area contributed by atoms with Gasteiger partial charge in [-0.05, 0) is 67.6 Å². The number of benzene rings is 1. The lowest BCUT2D eigenvalue weighted by molar-refractivity contribution is -0.139. The van der Waals surface area contributed by atoms with Crippen molar-refractivity contribution in [3.8, 4) is 0 Å². The molecule has 3 fully saturated rings. The number of allylic oxidation sites excluding steroid dienone is 1. The molecule has 0 aliphatic heterocycles. The van der Waals surface area contributed by atoms with Crippen LogP contribution in [0.2, 0.25) is 0 Å². The Balaban J connectivity index is 1.38. The molecular weight excluding hydrogens is 376 g/mol. The molecule has 6 atom stereocenters. The van der Waals surface area contributed by atoms with Crippen LogP contribution in [0.5, 0.6) is 0 Å². The highest BCUT2D eigenvalue weighted by molar-refractivity contribution is 5.96. The van der Waals surface area contributed by atoms with Gasteiger partial charge in [-0.2, -0.15) is 0 Å². The minimum atomic E-state index is -0.305. The summed E-state index contributed by atoms with van der Waals surface area (Å²) >= 11 is 0. The molecule has 4 heteroatoms. The van der Waals surface area contributed by atoms with E-state index in [-0.39, 0.29) is 40.5 Å². The van der Waals surface area contributed by atoms with Gasteiger partial charge in [0.1, 0.15) is 11.9 Å². The van der Waals surface area contributed by atoms with Gasteiger partial charge in [-0.15, -0.1) is 0 Å². The van der Waals surface area contributed by atoms with E-state index in [0.717, 1.165) is 37.7 Å². The van der Waals surface area contributed by atoms with Crippen LogP contribution in [0.15, 0.2) is 42.0 Å². The highest BCUT2D eigenvalue weighted by Crippen LogP contribution is 2.63. The lowest BCUT2D eigenvalue weighted by atomic mass is 9.48. The third-order valence-corrected chi connectivity index (χ3v) is 8.89. The molecule has 3 unspecified atom stereocenters. The molecule has 5 rings (SSSR count). The maximum Gasteiger partial charge on any atom is 0.338 e. The molecule has 0 aromatic heterocycles. The van der Waals surface area contributed by atoms with Crippen LogP contribution >= 0.6 is 0 Å². The zero-order valence-corrected chi connectivity index (χ0v) is 17.9. The molecule has 4 nitrogen and oxygen atoms in total. The standard InChI is InChI=1S/C26H30O4/c1-25-12-10-18(30-24(29)16-6-4-3-5-7-16)14-17(25)15-21(27)23-19-8-9-22(28)26(19,2)13-11-20(23)25/h3-7,15,18-20,23H,8-14H2,1-2H3/t18-,19?,20?,23?,25-,26-/m0/s1. The van der Waals surface area contributed by atoms with Crippen LogP contribution in [-0.4, -0.2) is 23.6 Å². The number of ketones is 2. The van der Waals surface area contributed by atoms with E-state index in [0.29, 0.717) is 30.1 Å². The monoisotopic (exact) mass is 406 g/mol. The van der Waals surface area contributed by atoms with Crippen molar-refractivity contribution in [2.75, 3.05) is 0 Å². The molecule has 158 valence electrons. The number of hydrogen-bond donors (Lipinski definition) is 0. The van der Waals surface area contributed by atoms with Crippen molar-refractivity contribution in [2.24, 2.45) is 28.6 Å². The number of Topliss-reactive ketones (excluding diaryl/α,β-unsaturated/α-hetero) is 1. The molecule has 0 amide bonds. The van der Waals surface area contributed by atoms with E-state index in [4.69, 9.17) is 4.74 Å². The second-order valence-electron chi connectivity index (χ2n) is 10.3. The second kappa shape index (κ2) is 6.90. The lowest BCUT2D eigenvalue weighted by Crippen LogP contribution is -2.53.